The Morgan fingerprint density at radius 1 is 1.61 bits per heavy atom. The molecule has 3 rings (SSSR count). The Hall–Kier alpha value is -1.80. The fourth-order valence-electron chi connectivity index (χ4n) is 2.11. The van der Waals surface area contributed by atoms with E-state index in [9.17, 15) is 9.18 Å². The van der Waals surface area contributed by atoms with E-state index < -0.39 is 18.5 Å². The molecule has 3 atom stereocenters. The number of halogens is 1. The summed E-state index contributed by atoms with van der Waals surface area (Å²) in [7, 11) is 0. The predicted molar refractivity (Wildman–Crippen MR) is 58.7 cm³/mol. The molecule has 7 nitrogen and oxygen atoms in total. The van der Waals surface area contributed by atoms with E-state index in [1.807, 2.05) is 0 Å². The van der Waals surface area contributed by atoms with Crippen LogP contribution in [0.2, 0.25) is 0 Å². The molecule has 96 valence electrons. The van der Waals surface area contributed by atoms with Gasteiger partial charge in [-0.1, -0.05) is 0 Å². The van der Waals surface area contributed by atoms with Crippen LogP contribution in [0, 0.1) is 0 Å². The molecular formula is C10H11FN4O3. The second-order valence-electron chi connectivity index (χ2n) is 4.14. The molecular weight excluding hydrogens is 243 g/mol. The van der Waals surface area contributed by atoms with Crippen LogP contribution < -0.4 is 5.56 Å². The van der Waals surface area contributed by atoms with Gasteiger partial charge < -0.3 is 14.8 Å². The van der Waals surface area contributed by atoms with E-state index in [0.717, 1.165) is 0 Å². The summed E-state index contributed by atoms with van der Waals surface area (Å²) in [6.45, 7) is -0.239. The number of fused-ring (bicyclic) bond motifs is 1. The van der Waals surface area contributed by atoms with Crippen molar-refractivity contribution in [2.24, 2.45) is 0 Å². The highest BCUT2D eigenvalue weighted by atomic mass is 19.1. The average molecular weight is 254 g/mol. The average Bonchev–Trinajstić information content (AvgIpc) is 2.93. The summed E-state index contributed by atoms with van der Waals surface area (Å²) in [5, 5.41) is 8.97. The predicted octanol–water partition coefficient (Wildman–Crippen LogP) is -0.263. The molecule has 1 fully saturated rings. The largest absolute Gasteiger partial charge is 0.394 e. The number of nitrogens with zero attached hydrogens (tertiary/aromatic N) is 3. The lowest BCUT2D eigenvalue weighted by Gasteiger charge is -2.14. The molecule has 1 aliphatic rings. The number of alkyl halides is 1. The van der Waals surface area contributed by atoms with Crippen molar-refractivity contribution in [1.82, 2.24) is 19.5 Å². The number of nitrogens with one attached hydrogen (secondary N) is 1. The molecule has 0 amide bonds. The van der Waals surface area contributed by atoms with Crippen molar-refractivity contribution < 1.29 is 14.2 Å². The van der Waals surface area contributed by atoms with Crippen LogP contribution in [0.1, 0.15) is 12.6 Å². The van der Waals surface area contributed by atoms with Crippen molar-refractivity contribution in [3.05, 3.63) is 23.0 Å². The summed E-state index contributed by atoms with van der Waals surface area (Å²) in [6.07, 6.45) is -0.0331. The summed E-state index contributed by atoms with van der Waals surface area (Å²) >= 11 is 0. The molecule has 0 bridgehead atoms. The lowest BCUT2D eigenvalue weighted by molar-refractivity contribution is -0.0351. The van der Waals surface area contributed by atoms with Gasteiger partial charge in [0.2, 0.25) is 0 Å². The van der Waals surface area contributed by atoms with Gasteiger partial charge in [0, 0.05) is 6.42 Å². The first-order valence-electron chi connectivity index (χ1n) is 5.51. The number of hydrogen-bond acceptors (Lipinski definition) is 5. The second-order valence-corrected chi connectivity index (χ2v) is 4.14. The minimum Gasteiger partial charge on any atom is -0.394 e. The number of H-pyrrole nitrogens is 1. The quantitative estimate of drug-likeness (QED) is 0.770. The minimum atomic E-state index is -1.26. The van der Waals surface area contributed by atoms with Gasteiger partial charge >= 0.3 is 0 Å². The van der Waals surface area contributed by atoms with E-state index in [2.05, 4.69) is 15.0 Å². The molecule has 3 heterocycles. The zero-order valence-electron chi connectivity index (χ0n) is 9.28. The molecule has 8 heteroatoms. The van der Waals surface area contributed by atoms with Crippen molar-refractivity contribution in [2.45, 2.75) is 24.9 Å². The maximum absolute atomic E-state index is 13.8. The number of aliphatic hydroxyl groups excluding tert-OH is 1. The van der Waals surface area contributed by atoms with Gasteiger partial charge in [-0.05, 0) is 0 Å². The third-order valence-electron chi connectivity index (χ3n) is 2.97. The van der Waals surface area contributed by atoms with Crippen LogP contribution in [0.15, 0.2) is 17.4 Å². The third-order valence-corrected chi connectivity index (χ3v) is 2.97. The Balaban J connectivity index is 2.05. The van der Waals surface area contributed by atoms with Gasteiger partial charge in [0.15, 0.2) is 17.4 Å². The first-order valence-corrected chi connectivity index (χ1v) is 5.51. The molecule has 2 aromatic heterocycles. The van der Waals surface area contributed by atoms with Gasteiger partial charge in [0.05, 0.1) is 25.4 Å². The van der Waals surface area contributed by atoms with Crippen LogP contribution in [-0.2, 0) is 4.74 Å². The number of rotatable bonds is 2. The SMILES string of the molecule is O=c1[nH]cnc2c1ncn2[C@@H]1O[C@H](CO)C[C@@H]1F. The van der Waals surface area contributed by atoms with Gasteiger partial charge in [0.1, 0.15) is 6.17 Å². The molecule has 1 aliphatic heterocycles. The van der Waals surface area contributed by atoms with Crippen LogP contribution in [0.3, 0.4) is 0 Å². The molecule has 0 aliphatic carbocycles. The van der Waals surface area contributed by atoms with Gasteiger partial charge in [0.25, 0.3) is 5.56 Å². The van der Waals surface area contributed by atoms with Crippen molar-refractivity contribution in [3.63, 3.8) is 0 Å². The molecule has 2 aromatic rings. The lowest BCUT2D eigenvalue weighted by atomic mass is 10.2. The molecule has 0 saturated carbocycles. The summed E-state index contributed by atoms with van der Waals surface area (Å²) in [6, 6.07) is 0. The van der Waals surface area contributed by atoms with Crippen molar-refractivity contribution in [1.29, 1.82) is 0 Å². The topological polar surface area (TPSA) is 93.0 Å². The van der Waals surface area contributed by atoms with E-state index in [0.29, 0.717) is 0 Å². The number of aromatic amines is 1. The van der Waals surface area contributed by atoms with Crippen molar-refractivity contribution >= 4 is 11.2 Å². The highest BCUT2D eigenvalue weighted by Gasteiger charge is 2.37. The van der Waals surface area contributed by atoms with Gasteiger partial charge in [-0.3, -0.25) is 9.36 Å². The minimum absolute atomic E-state index is 0.115. The molecule has 18 heavy (non-hydrogen) atoms. The first-order chi connectivity index (χ1) is 8.70. The summed E-state index contributed by atoms with van der Waals surface area (Å²) in [5.41, 5.74) is 0.0246. The Bertz CT molecular complexity index is 625. The Morgan fingerprint density at radius 2 is 2.44 bits per heavy atom. The highest BCUT2D eigenvalue weighted by Crippen LogP contribution is 2.32. The molecule has 0 spiro atoms. The zero-order valence-corrected chi connectivity index (χ0v) is 9.28. The molecule has 0 aromatic carbocycles. The van der Waals surface area contributed by atoms with E-state index in [-0.39, 0.29) is 29.8 Å². The number of ether oxygens (including phenoxy) is 1. The number of imidazole rings is 1. The van der Waals surface area contributed by atoms with Gasteiger partial charge in [-0.2, -0.15) is 0 Å². The maximum atomic E-state index is 13.8. The first kappa shape index (κ1) is 11.3. The Morgan fingerprint density at radius 3 is 3.17 bits per heavy atom. The van der Waals surface area contributed by atoms with E-state index in [4.69, 9.17) is 9.84 Å². The van der Waals surface area contributed by atoms with E-state index >= 15 is 0 Å². The number of hydrogen-bond donors (Lipinski definition) is 2. The van der Waals surface area contributed by atoms with Crippen molar-refractivity contribution in [3.8, 4) is 0 Å². The fourth-order valence-corrected chi connectivity index (χ4v) is 2.11. The normalized spacial score (nSPS) is 28.0. The van der Waals surface area contributed by atoms with Gasteiger partial charge in [-0.15, -0.1) is 0 Å². The van der Waals surface area contributed by atoms with Crippen LogP contribution in [0.25, 0.3) is 11.2 Å². The molecule has 1 saturated heterocycles. The van der Waals surface area contributed by atoms with Crippen LogP contribution >= 0.6 is 0 Å². The van der Waals surface area contributed by atoms with Crippen molar-refractivity contribution in [2.75, 3.05) is 6.61 Å². The van der Waals surface area contributed by atoms with Crippen LogP contribution in [-0.4, -0.2) is 43.5 Å². The zero-order chi connectivity index (χ0) is 12.7. The van der Waals surface area contributed by atoms with E-state index in [1.165, 1.54) is 17.2 Å². The Labute approximate surface area is 100 Å². The monoisotopic (exact) mass is 254 g/mol. The second kappa shape index (κ2) is 4.14. The standard InChI is InChI=1S/C10H11FN4O3/c11-6-1-5(2-16)18-10(6)15-4-14-7-8(15)12-3-13-9(7)17/h3-6,10,16H,1-2H2,(H,12,13,17)/t5-,6-,10+/m0/s1. The van der Waals surface area contributed by atoms with Gasteiger partial charge in [-0.25, -0.2) is 14.4 Å². The molecule has 0 unspecified atom stereocenters. The van der Waals surface area contributed by atoms with E-state index in [1.54, 1.807) is 0 Å². The smallest absolute Gasteiger partial charge is 0.278 e. The van der Waals surface area contributed by atoms with Crippen LogP contribution in [0.4, 0.5) is 4.39 Å². The lowest BCUT2D eigenvalue weighted by Crippen LogP contribution is -2.17. The Kier molecular flexibility index (Phi) is 2.60. The summed E-state index contributed by atoms with van der Waals surface area (Å²) in [4.78, 5) is 21.7. The number of aliphatic hydroxyl groups is 1. The van der Waals surface area contributed by atoms with Crippen LogP contribution in [0.5, 0.6) is 0 Å². The highest BCUT2D eigenvalue weighted by molar-refractivity contribution is 5.68. The maximum Gasteiger partial charge on any atom is 0.278 e. The summed E-state index contributed by atoms with van der Waals surface area (Å²) in [5.74, 6) is 0. The molecule has 0 radical (unpaired) electrons. The molecule has 2 N–H and O–H groups in total. The summed E-state index contributed by atoms with van der Waals surface area (Å²) < 4.78 is 20.6. The fraction of sp³-hybridized carbons (Fsp3) is 0.500. The third kappa shape index (κ3) is 1.61. The number of aromatic nitrogens is 4.